The van der Waals surface area contributed by atoms with E-state index in [0.717, 1.165) is 0 Å². The van der Waals surface area contributed by atoms with Crippen LogP contribution in [0, 0.1) is 5.82 Å². The van der Waals surface area contributed by atoms with Gasteiger partial charge in [0.15, 0.2) is 0 Å². The summed E-state index contributed by atoms with van der Waals surface area (Å²) in [4.78, 5) is 16.3. The third kappa shape index (κ3) is 5.29. The first kappa shape index (κ1) is 21.6. The Morgan fingerprint density at radius 1 is 1.23 bits per heavy atom. The molecule has 10 heteroatoms. The fraction of sp³-hybridized carbons (Fsp3) is 0.200. The minimum atomic E-state index is -3.75. The number of methoxy groups -OCH3 is 1. The largest absolute Gasteiger partial charge is 0.383 e. The van der Waals surface area contributed by atoms with Gasteiger partial charge in [-0.05, 0) is 35.9 Å². The summed E-state index contributed by atoms with van der Waals surface area (Å²) in [6.45, 7) is 0.439. The third-order valence-electron chi connectivity index (χ3n) is 4.25. The molecule has 0 saturated carbocycles. The molecule has 0 unspecified atom stereocenters. The first-order chi connectivity index (χ1) is 14.4. The Morgan fingerprint density at radius 2 is 2.07 bits per heavy atom. The van der Waals surface area contributed by atoms with E-state index >= 15 is 0 Å². The van der Waals surface area contributed by atoms with E-state index in [4.69, 9.17) is 4.74 Å². The van der Waals surface area contributed by atoms with Crippen LogP contribution in [-0.4, -0.2) is 44.1 Å². The number of aromatic nitrogens is 2. The molecule has 0 bridgehead atoms. The van der Waals surface area contributed by atoms with Crippen LogP contribution in [0.5, 0.6) is 0 Å². The number of amides is 1. The molecule has 3 rings (SSSR count). The Hall–Kier alpha value is -3.08. The zero-order chi connectivity index (χ0) is 21.6. The minimum absolute atomic E-state index is 0.0259. The molecule has 0 saturated heterocycles. The van der Waals surface area contributed by atoms with E-state index in [0.29, 0.717) is 11.3 Å². The lowest BCUT2D eigenvalue weighted by Gasteiger charge is -2.10. The highest BCUT2D eigenvalue weighted by Gasteiger charge is 2.16. The molecule has 0 aliphatic rings. The van der Waals surface area contributed by atoms with Gasteiger partial charge in [0.05, 0.1) is 23.5 Å². The van der Waals surface area contributed by atoms with E-state index in [1.807, 2.05) is 0 Å². The van der Waals surface area contributed by atoms with Crippen LogP contribution in [0.2, 0.25) is 0 Å². The Labute approximate surface area is 173 Å². The van der Waals surface area contributed by atoms with Crippen molar-refractivity contribution in [2.45, 2.75) is 11.4 Å². The number of nitrogens with one attached hydrogen (secondary N) is 2. The summed E-state index contributed by atoms with van der Waals surface area (Å²) in [6.07, 6.45) is 4.67. The number of carbonyl (C=O) groups excluding carboxylic acids is 1. The van der Waals surface area contributed by atoms with Crippen molar-refractivity contribution in [3.8, 4) is 5.69 Å². The highest BCUT2D eigenvalue weighted by Crippen LogP contribution is 2.15. The SMILES string of the molecule is COCCNS(=O)(=O)c1cccc(C(=O)NCc2ccc(-n3ccnc3)c(F)c2)c1. The molecule has 2 aromatic carbocycles. The quantitative estimate of drug-likeness (QED) is 0.503. The van der Waals surface area contributed by atoms with Gasteiger partial charge in [-0.3, -0.25) is 4.79 Å². The second kappa shape index (κ2) is 9.61. The average molecular weight is 432 g/mol. The minimum Gasteiger partial charge on any atom is -0.383 e. The predicted molar refractivity (Wildman–Crippen MR) is 108 cm³/mol. The van der Waals surface area contributed by atoms with E-state index in [2.05, 4.69) is 15.0 Å². The van der Waals surface area contributed by atoms with E-state index in [-0.39, 0.29) is 30.2 Å². The number of hydrogen-bond acceptors (Lipinski definition) is 5. The summed E-state index contributed by atoms with van der Waals surface area (Å²) in [6, 6.07) is 10.3. The van der Waals surface area contributed by atoms with Gasteiger partial charge in [0.2, 0.25) is 10.0 Å². The van der Waals surface area contributed by atoms with Crippen LogP contribution >= 0.6 is 0 Å². The molecule has 0 aliphatic carbocycles. The van der Waals surface area contributed by atoms with Crippen LogP contribution in [0.3, 0.4) is 0 Å². The van der Waals surface area contributed by atoms with Gasteiger partial charge in [-0.15, -0.1) is 0 Å². The van der Waals surface area contributed by atoms with Crippen molar-refractivity contribution < 1.29 is 22.3 Å². The van der Waals surface area contributed by atoms with Crippen molar-refractivity contribution in [3.05, 3.63) is 78.1 Å². The van der Waals surface area contributed by atoms with Crippen molar-refractivity contribution in [1.29, 1.82) is 0 Å². The first-order valence-electron chi connectivity index (χ1n) is 9.04. The Morgan fingerprint density at radius 3 is 2.77 bits per heavy atom. The van der Waals surface area contributed by atoms with E-state index in [1.165, 1.54) is 43.8 Å². The summed E-state index contributed by atoms with van der Waals surface area (Å²) in [7, 11) is -2.29. The highest BCUT2D eigenvalue weighted by molar-refractivity contribution is 7.89. The Kier molecular flexibility index (Phi) is 6.93. The summed E-state index contributed by atoms with van der Waals surface area (Å²) in [5.74, 6) is -0.919. The number of ether oxygens (including phenoxy) is 1. The normalized spacial score (nSPS) is 11.4. The molecule has 0 spiro atoms. The summed E-state index contributed by atoms with van der Waals surface area (Å²) >= 11 is 0. The third-order valence-corrected chi connectivity index (χ3v) is 5.71. The lowest BCUT2D eigenvalue weighted by atomic mass is 10.1. The Bertz CT molecular complexity index is 1120. The number of nitrogens with zero attached hydrogens (tertiary/aromatic N) is 2. The molecule has 0 aliphatic heterocycles. The van der Waals surface area contributed by atoms with Gasteiger partial charge in [0.25, 0.3) is 5.91 Å². The van der Waals surface area contributed by atoms with Crippen molar-refractivity contribution in [2.24, 2.45) is 0 Å². The topological polar surface area (TPSA) is 102 Å². The number of benzene rings is 2. The number of imidazole rings is 1. The van der Waals surface area contributed by atoms with E-state index in [9.17, 15) is 17.6 Å². The van der Waals surface area contributed by atoms with Crippen LogP contribution in [-0.2, 0) is 21.3 Å². The second-order valence-electron chi connectivity index (χ2n) is 6.36. The number of halogens is 1. The molecule has 3 aromatic rings. The maximum Gasteiger partial charge on any atom is 0.251 e. The van der Waals surface area contributed by atoms with Gasteiger partial charge >= 0.3 is 0 Å². The fourth-order valence-electron chi connectivity index (χ4n) is 2.72. The fourth-order valence-corrected chi connectivity index (χ4v) is 3.78. The van der Waals surface area contributed by atoms with Gasteiger partial charge in [-0.1, -0.05) is 12.1 Å². The zero-order valence-corrected chi connectivity index (χ0v) is 17.0. The van der Waals surface area contributed by atoms with Gasteiger partial charge < -0.3 is 14.6 Å². The molecule has 0 fully saturated rings. The monoisotopic (exact) mass is 432 g/mol. The van der Waals surface area contributed by atoms with Crippen molar-refractivity contribution in [1.82, 2.24) is 19.6 Å². The van der Waals surface area contributed by atoms with Crippen molar-refractivity contribution in [2.75, 3.05) is 20.3 Å². The van der Waals surface area contributed by atoms with Crippen LogP contribution in [0.25, 0.3) is 5.69 Å². The molecule has 1 aromatic heterocycles. The maximum absolute atomic E-state index is 14.3. The number of rotatable bonds is 9. The molecule has 0 atom stereocenters. The number of sulfonamides is 1. The van der Waals surface area contributed by atoms with Crippen LogP contribution in [0.1, 0.15) is 15.9 Å². The number of hydrogen-bond donors (Lipinski definition) is 2. The molecule has 2 N–H and O–H groups in total. The molecule has 1 amide bonds. The molecule has 1 heterocycles. The van der Waals surface area contributed by atoms with E-state index in [1.54, 1.807) is 29.1 Å². The van der Waals surface area contributed by atoms with Crippen LogP contribution in [0.15, 0.2) is 66.1 Å². The second-order valence-corrected chi connectivity index (χ2v) is 8.12. The van der Waals surface area contributed by atoms with Gasteiger partial charge in [0.1, 0.15) is 5.82 Å². The summed E-state index contributed by atoms with van der Waals surface area (Å²) in [5.41, 5.74) is 1.09. The molecule has 158 valence electrons. The number of carbonyl (C=O) groups is 1. The van der Waals surface area contributed by atoms with Gasteiger partial charge in [-0.25, -0.2) is 22.5 Å². The van der Waals surface area contributed by atoms with Crippen molar-refractivity contribution in [3.63, 3.8) is 0 Å². The lowest BCUT2D eigenvalue weighted by Crippen LogP contribution is -2.28. The molecule has 0 radical (unpaired) electrons. The lowest BCUT2D eigenvalue weighted by molar-refractivity contribution is 0.0950. The molecular weight excluding hydrogens is 411 g/mol. The highest BCUT2D eigenvalue weighted by atomic mass is 32.2. The summed E-state index contributed by atoms with van der Waals surface area (Å²) < 4.78 is 47.7. The predicted octanol–water partition coefficient (Wildman–Crippen LogP) is 1.87. The molecular formula is C20H21FN4O4S. The standard InChI is InChI=1S/C20H21FN4O4S/c1-29-10-8-24-30(27,28)17-4-2-3-16(12-17)20(26)23-13-15-5-6-19(18(21)11-15)25-9-7-22-14-25/h2-7,9,11-12,14,24H,8,10,13H2,1H3,(H,23,26). The van der Waals surface area contributed by atoms with E-state index < -0.39 is 21.7 Å². The van der Waals surface area contributed by atoms with Crippen LogP contribution in [0.4, 0.5) is 4.39 Å². The zero-order valence-electron chi connectivity index (χ0n) is 16.2. The van der Waals surface area contributed by atoms with Gasteiger partial charge in [0, 0.05) is 38.2 Å². The first-order valence-corrected chi connectivity index (χ1v) is 10.5. The summed E-state index contributed by atoms with van der Waals surface area (Å²) in [5, 5.41) is 2.67. The molecule has 30 heavy (non-hydrogen) atoms. The molecule has 8 nitrogen and oxygen atoms in total. The smallest absolute Gasteiger partial charge is 0.251 e. The Balaban J connectivity index is 1.66. The van der Waals surface area contributed by atoms with Crippen LogP contribution < -0.4 is 10.0 Å². The van der Waals surface area contributed by atoms with Crippen molar-refractivity contribution >= 4 is 15.9 Å². The van der Waals surface area contributed by atoms with Gasteiger partial charge in [-0.2, -0.15) is 0 Å². The average Bonchev–Trinajstić information content (AvgIpc) is 3.27. The maximum atomic E-state index is 14.3.